The zero-order chi connectivity index (χ0) is 11.3. The van der Waals surface area contributed by atoms with E-state index >= 15 is 0 Å². The SMILES string of the molecule is CCC(C)(CNC(C)C)Cc1ccsc1. The molecular formula is C13H23NS. The van der Waals surface area contributed by atoms with Gasteiger partial charge in [-0.25, -0.2) is 0 Å². The predicted octanol–water partition coefficient (Wildman–Crippen LogP) is 3.70. The summed E-state index contributed by atoms with van der Waals surface area (Å²) in [6, 6.07) is 2.83. The van der Waals surface area contributed by atoms with Crippen LogP contribution >= 0.6 is 11.3 Å². The molecule has 15 heavy (non-hydrogen) atoms. The summed E-state index contributed by atoms with van der Waals surface area (Å²) in [5.74, 6) is 0. The Hall–Kier alpha value is -0.340. The predicted molar refractivity (Wildman–Crippen MR) is 69.6 cm³/mol. The molecule has 0 fully saturated rings. The maximum Gasteiger partial charge on any atom is 0.00106 e. The van der Waals surface area contributed by atoms with Gasteiger partial charge in [0.15, 0.2) is 0 Å². The molecule has 1 aromatic rings. The lowest BCUT2D eigenvalue weighted by atomic mass is 9.81. The summed E-state index contributed by atoms with van der Waals surface area (Å²) in [4.78, 5) is 0. The van der Waals surface area contributed by atoms with Crippen LogP contribution in [0.1, 0.15) is 39.7 Å². The quantitative estimate of drug-likeness (QED) is 0.778. The van der Waals surface area contributed by atoms with E-state index in [1.54, 1.807) is 11.3 Å². The van der Waals surface area contributed by atoms with Crippen molar-refractivity contribution in [3.63, 3.8) is 0 Å². The third kappa shape index (κ3) is 4.35. The van der Waals surface area contributed by atoms with Crippen LogP contribution in [0.3, 0.4) is 0 Å². The minimum atomic E-state index is 0.394. The minimum Gasteiger partial charge on any atom is -0.314 e. The minimum absolute atomic E-state index is 0.394. The van der Waals surface area contributed by atoms with Gasteiger partial charge >= 0.3 is 0 Å². The maximum absolute atomic E-state index is 3.55. The van der Waals surface area contributed by atoms with Gasteiger partial charge in [-0.2, -0.15) is 11.3 Å². The Kier molecular flexibility index (Phi) is 4.81. The Morgan fingerprint density at radius 2 is 2.20 bits per heavy atom. The molecule has 1 heterocycles. The van der Waals surface area contributed by atoms with Crippen LogP contribution in [-0.4, -0.2) is 12.6 Å². The summed E-state index contributed by atoms with van der Waals surface area (Å²) < 4.78 is 0. The number of hydrogen-bond acceptors (Lipinski definition) is 2. The second kappa shape index (κ2) is 5.66. The molecule has 1 nitrogen and oxygen atoms in total. The molecule has 0 saturated carbocycles. The van der Waals surface area contributed by atoms with Crippen LogP contribution in [0.4, 0.5) is 0 Å². The molecule has 0 bridgehead atoms. The summed E-state index contributed by atoms with van der Waals surface area (Å²) in [6.45, 7) is 10.2. The van der Waals surface area contributed by atoms with Crippen molar-refractivity contribution >= 4 is 11.3 Å². The van der Waals surface area contributed by atoms with E-state index in [-0.39, 0.29) is 0 Å². The molecule has 2 heteroatoms. The Morgan fingerprint density at radius 3 is 2.67 bits per heavy atom. The molecule has 0 amide bonds. The Labute approximate surface area is 97.9 Å². The van der Waals surface area contributed by atoms with Crippen molar-refractivity contribution in [1.82, 2.24) is 5.32 Å². The van der Waals surface area contributed by atoms with Crippen molar-refractivity contribution in [2.75, 3.05) is 6.54 Å². The molecule has 86 valence electrons. The van der Waals surface area contributed by atoms with Gasteiger partial charge in [0.25, 0.3) is 0 Å². The van der Waals surface area contributed by atoms with Crippen LogP contribution < -0.4 is 5.32 Å². The summed E-state index contributed by atoms with van der Waals surface area (Å²) in [7, 11) is 0. The molecule has 1 atom stereocenters. The molecule has 1 aromatic heterocycles. The Morgan fingerprint density at radius 1 is 1.47 bits per heavy atom. The van der Waals surface area contributed by atoms with Crippen molar-refractivity contribution in [2.24, 2.45) is 5.41 Å². The highest BCUT2D eigenvalue weighted by Crippen LogP contribution is 2.26. The van der Waals surface area contributed by atoms with Crippen LogP contribution in [0.15, 0.2) is 16.8 Å². The number of nitrogens with one attached hydrogen (secondary N) is 1. The highest BCUT2D eigenvalue weighted by atomic mass is 32.1. The maximum atomic E-state index is 3.55. The second-order valence-electron chi connectivity index (χ2n) is 5.01. The zero-order valence-electron chi connectivity index (χ0n) is 10.3. The number of hydrogen-bond donors (Lipinski definition) is 1. The molecule has 0 spiro atoms. The molecule has 0 aliphatic rings. The molecular weight excluding hydrogens is 202 g/mol. The second-order valence-corrected chi connectivity index (χ2v) is 5.79. The van der Waals surface area contributed by atoms with Gasteiger partial charge in [0, 0.05) is 12.6 Å². The summed E-state index contributed by atoms with van der Waals surface area (Å²) in [5.41, 5.74) is 1.88. The normalized spacial score (nSPS) is 15.5. The first-order valence-electron chi connectivity index (χ1n) is 5.80. The third-order valence-electron chi connectivity index (χ3n) is 3.00. The first kappa shape index (κ1) is 12.7. The molecule has 0 aliphatic heterocycles. The van der Waals surface area contributed by atoms with E-state index in [2.05, 4.69) is 49.8 Å². The van der Waals surface area contributed by atoms with Crippen molar-refractivity contribution in [3.05, 3.63) is 22.4 Å². The van der Waals surface area contributed by atoms with Crippen LogP contribution in [0.2, 0.25) is 0 Å². The molecule has 0 aliphatic carbocycles. The smallest absolute Gasteiger partial charge is 0.00106 e. The van der Waals surface area contributed by atoms with E-state index in [9.17, 15) is 0 Å². The summed E-state index contributed by atoms with van der Waals surface area (Å²) in [6.07, 6.45) is 2.41. The average molecular weight is 225 g/mol. The van der Waals surface area contributed by atoms with Crippen molar-refractivity contribution < 1.29 is 0 Å². The third-order valence-corrected chi connectivity index (χ3v) is 3.73. The van der Waals surface area contributed by atoms with Gasteiger partial charge in [-0.3, -0.25) is 0 Å². The van der Waals surface area contributed by atoms with Gasteiger partial charge < -0.3 is 5.32 Å². The fraction of sp³-hybridized carbons (Fsp3) is 0.692. The standard InChI is InChI=1S/C13H23NS/c1-5-13(4,10-14-11(2)3)8-12-6-7-15-9-12/h6-7,9,11,14H,5,8,10H2,1-4H3. The van der Waals surface area contributed by atoms with Crippen LogP contribution in [0.25, 0.3) is 0 Å². The Bertz CT molecular complexity index is 266. The van der Waals surface area contributed by atoms with Gasteiger partial charge in [-0.1, -0.05) is 27.7 Å². The van der Waals surface area contributed by atoms with Crippen molar-refractivity contribution in [2.45, 2.75) is 46.6 Å². The van der Waals surface area contributed by atoms with E-state index in [4.69, 9.17) is 0 Å². The number of thiophene rings is 1. The fourth-order valence-corrected chi connectivity index (χ4v) is 2.32. The summed E-state index contributed by atoms with van der Waals surface area (Å²) in [5, 5.41) is 7.99. The van der Waals surface area contributed by atoms with E-state index in [0.717, 1.165) is 6.54 Å². The van der Waals surface area contributed by atoms with Crippen molar-refractivity contribution in [3.8, 4) is 0 Å². The molecule has 0 saturated heterocycles. The van der Waals surface area contributed by atoms with E-state index in [1.165, 1.54) is 18.4 Å². The van der Waals surface area contributed by atoms with Gasteiger partial charge in [0.1, 0.15) is 0 Å². The lowest BCUT2D eigenvalue weighted by Crippen LogP contribution is -2.36. The van der Waals surface area contributed by atoms with Crippen LogP contribution in [-0.2, 0) is 6.42 Å². The van der Waals surface area contributed by atoms with Crippen LogP contribution in [0.5, 0.6) is 0 Å². The lowest BCUT2D eigenvalue weighted by molar-refractivity contribution is 0.281. The average Bonchev–Trinajstić information content (AvgIpc) is 2.67. The summed E-state index contributed by atoms with van der Waals surface area (Å²) >= 11 is 1.79. The largest absolute Gasteiger partial charge is 0.314 e. The molecule has 1 unspecified atom stereocenters. The lowest BCUT2D eigenvalue weighted by Gasteiger charge is -2.29. The van der Waals surface area contributed by atoms with Gasteiger partial charge in [-0.15, -0.1) is 0 Å². The first-order chi connectivity index (χ1) is 7.06. The van der Waals surface area contributed by atoms with E-state index in [0.29, 0.717) is 11.5 Å². The van der Waals surface area contributed by atoms with E-state index in [1.807, 2.05) is 0 Å². The fourth-order valence-electron chi connectivity index (χ4n) is 1.65. The Balaban J connectivity index is 2.52. The molecule has 0 aromatic carbocycles. The topological polar surface area (TPSA) is 12.0 Å². The van der Waals surface area contributed by atoms with Crippen LogP contribution in [0, 0.1) is 5.41 Å². The molecule has 0 radical (unpaired) electrons. The molecule has 1 N–H and O–H groups in total. The van der Waals surface area contributed by atoms with E-state index < -0.39 is 0 Å². The monoisotopic (exact) mass is 225 g/mol. The number of rotatable bonds is 6. The van der Waals surface area contributed by atoms with Crippen molar-refractivity contribution in [1.29, 1.82) is 0 Å². The highest BCUT2D eigenvalue weighted by Gasteiger charge is 2.22. The van der Waals surface area contributed by atoms with Gasteiger partial charge in [0.05, 0.1) is 0 Å². The first-order valence-corrected chi connectivity index (χ1v) is 6.74. The highest BCUT2D eigenvalue weighted by molar-refractivity contribution is 7.07. The van der Waals surface area contributed by atoms with Gasteiger partial charge in [-0.05, 0) is 40.6 Å². The van der Waals surface area contributed by atoms with Gasteiger partial charge in [0.2, 0.25) is 0 Å². The zero-order valence-corrected chi connectivity index (χ0v) is 11.2. The molecule has 1 rings (SSSR count).